The molecule has 0 radical (unpaired) electrons. The van der Waals surface area contributed by atoms with Gasteiger partial charge in [-0.3, -0.25) is 19.9 Å². The summed E-state index contributed by atoms with van der Waals surface area (Å²) >= 11 is 0. The fourth-order valence-electron chi connectivity index (χ4n) is 2.55. The molecule has 144 valence electrons. The molecule has 1 heterocycles. The van der Waals surface area contributed by atoms with Crippen molar-refractivity contribution in [3.63, 3.8) is 0 Å². The zero-order chi connectivity index (χ0) is 19.6. The summed E-state index contributed by atoms with van der Waals surface area (Å²) in [5.41, 5.74) is 1.23. The van der Waals surface area contributed by atoms with Crippen molar-refractivity contribution in [1.29, 1.82) is 0 Å². The Kier molecular flexibility index (Phi) is 7.69. The first-order valence-electron chi connectivity index (χ1n) is 8.97. The van der Waals surface area contributed by atoms with Crippen LogP contribution in [0.4, 0.5) is 11.4 Å². The molecule has 0 aliphatic rings. The number of aromatic nitrogens is 1. The van der Waals surface area contributed by atoms with Gasteiger partial charge >= 0.3 is 0 Å². The van der Waals surface area contributed by atoms with E-state index in [9.17, 15) is 14.9 Å². The molecule has 3 N–H and O–H groups in total. The van der Waals surface area contributed by atoms with Crippen LogP contribution in [0, 0.1) is 10.1 Å². The number of carbonyl (C=O) groups excluding carboxylic acids is 1. The minimum absolute atomic E-state index is 0.144. The predicted molar refractivity (Wildman–Crippen MR) is 105 cm³/mol. The Morgan fingerprint density at radius 1 is 1.22 bits per heavy atom. The fraction of sp³-hybridized carbons (Fsp3) is 0.368. The monoisotopic (exact) mass is 371 g/mol. The second-order valence-electron chi connectivity index (χ2n) is 6.12. The summed E-state index contributed by atoms with van der Waals surface area (Å²) in [6.07, 6.45) is 2.69. The van der Waals surface area contributed by atoms with Crippen molar-refractivity contribution < 1.29 is 9.72 Å². The fourth-order valence-corrected chi connectivity index (χ4v) is 2.55. The first-order valence-corrected chi connectivity index (χ1v) is 8.97. The van der Waals surface area contributed by atoms with Crippen LogP contribution in [0.1, 0.15) is 42.4 Å². The number of hydrogen-bond donors (Lipinski definition) is 3. The number of benzene rings is 1. The standard InChI is InChI=1S/C19H25N5O3/c1-3-9-20-11-12-22-19(25)15-7-8-17(18(13-15)24(26)27)23-14(2)16-6-4-5-10-21-16/h4-8,10,13-14,20,23H,3,9,11-12H2,1-2H3,(H,22,25). The van der Waals surface area contributed by atoms with Crippen LogP contribution in [0.25, 0.3) is 0 Å². The number of rotatable bonds is 10. The van der Waals surface area contributed by atoms with Crippen molar-refractivity contribution in [3.05, 3.63) is 64.0 Å². The number of anilines is 1. The van der Waals surface area contributed by atoms with Gasteiger partial charge in [0, 0.05) is 30.9 Å². The molecule has 0 saturated carbocycles. The molecule has 8 heteroatoms. The lowest BCUT2D eigenvalue weighted by Crippen LogP contribution is -2.32. The number of nitrogens with one attached hydrogen (secondary N) is 3. The van der Waals surface area contributed by atoms with E-state index in [-0.39, 0.29) is 23.2 Å². The Labute approximate surface area is 158 Å². The van der Waals surface area contributed by atoms with E-state index in [1.54, 1.807) is 18.3 Å². The highest BCUT2D eigenvalue weighted by molar-refractivity contribution is 5.95. The van der Waals surface area contributed by atoms with Crippen LogP contribution in [0.5, 0.6) is 0 Å². The molecule has 0 spiro atoms. The molecule has 0 saturated heterocycles. The van der Waals surface area contributed by atoms with E-state index < -0.39 is 4.92 Å². The third kappa shape index (κ3) is 6.03. The normalized spacial score (nSPS) is 11.6. The zero-order valence-electron chi connectivity index (χ0n) is 15.6. The molecule has 2 aromatic rings. The third-order valence-corrected chi connectivity index (χ3v) is 3.97. The van der Waals surface area contributed by atoms with Gasteiger partial charge in [0.25, 0.3) is 11.6 Å². The summed E-state index contributed by atoms with van der Waals surface area (Å²) in [4.78, 5) is 27.4. The van der Waals surface area contributed by atoms with Gasteiger partial charge in [0.15, 0.2) is 0 Å². The number of carbonyl (C=O) groups is 1. The Morgan fingerprint density at radius 3 is 2.70 bits per heavy atom. The van der Waals surface area contributed by atoms with Gasteiger partial charge in [0.05, 0.1) is 16.7 Å². The number of hydrogen-bond acceptors (Lipinski definition) is 6. The molecule has 0 aliphatic carbocycles. The SMILES string of the molecule is CCCNCCNC(=O)c1ccc(NC(C)c2ccccn2)c([N+](=O)[O-])c1. The summed E-state index contributed by atoms with van der Waals surface area (Å²) in [5, 5.41) is 20.5. The molecule has 2 rings (SSSR count). The molecule has 27 heavy (non-hydrogen) atoms. The summed E-state index contributed by atoms with van der Waals surface area (Å²) in [5.74, 6) is -0.333. The van der Waals surface area contributed by atoms with Gasteiger partial charge in [-0.1, -0.05) is 13.0 Å². The van der Waals surface area contributed by atoms with E-state index in [2.05, 4.69) is 27.9 Å². The maximum absolute atomic E-state index is 12.2. The highest BCUT2D eigenvalue weighted by atomic mass is 16.6. The molecule has 1 atom stereocenters. The first-order chi connectivity index (χ1) is 13.0. The summed E-state index contributed by atoms with van der Waals surface area (Å²) in [6.45, 7) is 5.94. The van der Waals surface area contributed by atoms with Gasteiger partial charge in [0.1, 0.15) is 5.69 Å². The second-order valence-corrected chi connectivity index (χ2v) is 6.12. The van der Waals surface area contributed by atoms with Crippen molar-refractivity contribution in [3.8, 4) is 0 Å². The van der Waals surface area contributed by atoms with Crippen LogP contribution in [0.2, 0.25) is 0 Å². The molecule has 0 fully saturated rings. The van der Waals surface area contributed by atoms with E-state index in [4.69, 9.17) is 0 Å². The average molecular weight is 371 g/mol. The number of nitro benzene ring substituents is 1. The van der Waals surface area contributed by atoms with Gasteiger partial charge in [-0.25, -0.2) is 0 Å². The third-order valence-electron chi connectivity index (χ3n) is 3.97. The number of pyridine rings is 1. The van der Waals surface area contributed by atoms with Crippen LogP contribution in [-0.4, -0.2) is 35.4 Å². The van der Waals surface area contributed by atoms with Crippen molar-refractivity contribution in [2.24, 2.45) is 0 Å². The van der Waals surface area contributed by atoms with Gasteiger partial charge in [-0.2, -0.15) is 0 Å². The minimum atomic E-state index is -0.493. The lowest BCUT2D eigenvalue weighted by Gasteiger charge is -2.15. The lowest BCUT2D eigenvalue weighted by molar-refractivity contribution is -0.384. The number of nitro groups is 1. The molecule has 1 aromatic heterocycles. The Morgan fingerprint density at radius 2 is 2.04 bits per heavy atom. The molecule has 0 aliphatic heterocycles. The van der Waals surface area contributed by atoms with Crippen molar-refractivity contribution >= 4 is 17.3 Å². The van der Waals surface area contributed by atoms with Crippen LogP contribution < -0.4 is 16.0 Å². The maximum atomic E-state index is 12.2. The van der Waals surface area contributed by atoms with Crippen molar-refractivity contribution in [2.45, 2.75) is 26.3 Å². The first kappa shape index (κ1) is 20.3. The Hall–Kier alpha value is -3.00. The van der Waals surface area contributed by atoms with E-state index in [0.717, 1.165) is 18.7 Å². The maximum Gasteiger partial charge on any atom is 0.293 e. The molecule has 1 amide bonds. The molecule has 1 aromatic carbocycles. The Balaban J connectivity index is 2.07. The van der Waals surface area contributed by atoms with Gasteiger partial charge in [-0.15, -0.1) is 0 Å². The quantitative estimate of drug-likeness (QED) is 0.337. The van der Waals surface area contributed by atoms with E-state index in [1.165, 1.54) is 6.07 Å². The predicted octanol–water partition coefficient (Wildman–Crippen LogP) is 2.89. The van der Waals surface area contributed by atoms with E-state index >= 15 is 0 Å². The second kappa shape index (κ2) is 10.2. The van der Waals surface area contributed by atoms with Crippen molar-refractivity contribution in [1.82, 2.24) is 15.6 Å². The number of amides is 1. The van der Waals surface area contributed by atoms with Crippen LogP contribution in [-0.2, 0) is 0 Å². The van der Waals surface area contributed by atoms with Gasteiger partial charge in [0.2, 0.25) is 0 Å². The van der Waals surface area contributed by atoms with E-state index in [1.807, 2.05) is 25.1 Å². The zero-order valence-corrected chi connectivity index (χ0v) is 15.6. The average Bonchev–Trinajstić information content (AvgIpc) is 2.68. The highest BCUT2D eigenvalue weighted by Crippen LogP contribution is 2.28. The topological polar surface area (TPSA) is 109 Å². The molecular weight excluding hydrogens is 346 g/mol. The lowest BCUT2D eigenvalue weighted by atomic mass is 10.1. The van der Waals surface area contributed by atoms with Crippen LogP contribution in [0.3, 0.4) is 0 Å². The van der Waals surface area contributed by atoms with Gasteiger partial charge < -0.3 is 16.0 Å². The summed E-state index contributed by atoms with van der Waals surface area (Å²) in [6, 6.07) is 9.73. The smallest absolute Gasteiger partial charge is 0.293 e. The van der Waals surface area contributed by atoms with Crippen molar-refractivity contribution in [2.75, 3.05) is 25.0 Å². The van der Waals surface area contributed by atoms with Gasteiger partial charge in [-0.05, 0) is 44.2 Å². The molecule has 8 nitrogen and oxygen atoms in total. The van der Waals surface area contributed by atoms with E-state index in [0.29, 0.717) is 18.8 Å². The summed E-state index contributed by atoms with van der Waals surface area (Å²) in [7, 11) is 0. The largest absolute Gasteiger partial charge is 0.371 e. The molecule has 0 bridgehead atoms. The molecule has 1 unspecified atom stereocenters. The van der Waals surface area contributed by atoms with Crippen LogP contribution >= 0.6 is 0 Å². The number of nitrogens with zero attached hydrogens (tertiary/aromatic N) is 2. The van der Waals surface area contributed by atoms with Crippen LogP contribution in [0.15, 0.2) is 42.6 Å². The summed E-state index contributed by atoms with van der Waals surface area (Å²) < 4.78 is 0. The molecular formula is C19H25N5O3. The minimum Gasteiger partial charge on any atom is -0.371 e. The Bertz CT molecular complexity index is 767. The highest BCUT2D eigenvalue weighted by Gasteiger charge is 2.19.